The molecule has 0 unspecified atom stereocenters. The van der Waals surface area contributed by atoms with Crippen molar-refractivity contribution in [3.05, 3.63) is 59.7 Å². The van der Waals surface area contributed by atoms with Gasteiger partial charge in [0.25, 0.3) is 0 Å². The molecule has 35 heavy (non-hydrogen) atoms. The van der Waals surface area contributed by atoms with E-state index in [1.54, 1.807) is 0 Å². The van der Waals surface area contributed by atoms with Crippen LogP contribution in [0.1, 0.15) is 43.2 Å². The Bertz CT molecular complexity index is 1060. The standard InChI is InChI=1S/C27H33N3O5/c1-18(25(32)33)30(3)24(31)16-27(12-14-29(2)15-13-27)28-26(34)35-17-23-21-10-6-4-8-19(21)20-9-5-7-11-22(20)23/h4-11,18,23H,12-17H2,1-3H3,(H,28,34)(H,32,33)/t18-/m0/s1. The number of nitrogens with zero attached hydrogens (tertiary/aromatic N) is 2. The number of amides is 2. The van der Waals surface area contributed by atoms with Gasteiger partial charge in [-0.25, -0.2) is 9.59 Å². The Labute approximate surface area is 205 Å². The number of rotatable bonds is 7. The van der Waals surface area contributed by atoms with E-state index in [1.165, 1.54) is 18.9 Å². The molecule has 2 N–H and O–H groups in total. The Balaban J connectivity index is 1.45. The van der Waals surface area contributed by atoms with Gasteiger partial charge >= 0.3 is 12.1 Å². The van der Waals surface area contributed by atoms with Crippen LogP contribution < -0.4 is 5.32 Å². The molecule has 0 aromatic heterocycles. The van der Waals surface area contributed by atoms with Crippen molar-refractivity contribution in [2.24, 2.45) is 0 Å². The lowest BCUT2D eigenvalue weighted by atomic mass is 9.84. The Morgan fingerprint density at radius 1 is 1.09 bits per heavy atom. The van der Waals surface area contributed by atoms with Crippen molar-refractivity contribution in [3.63, 3.8) is 0 Å². The predicted octanol–water partition coefficient (Wildman–Crippen LogP) is 3.31. The van der Waals surface area contributed by atoms with E-state index in [0.29, 0.717) is 12.8 Å². The normalized spacial score (nSPS) is 17.7. The molecule has 1 aliphatic heterocycles. The molecule has 0 saturated carbocycles. The number of carbonyl (C=O) groups excluding carboxylic acids is 2. The van der Waals surface area contributed by atoms with Gasteiger partial charge in [-0.2, -0.15) is 0 Å². The van der Waals surface area contributed by atoms with Crippen molar-refractivity contribution in [1.29, 1.82) is 0 Å². The first-order chi connectivity index (χ1) is 16.7. The minimum atomic E-state index is -1.07. The Morgan fingerprint density at radius 3 is 2.17 bits per heavy atom. The van der Waals surface area contributed by atoms with Crippen LogP contribution in [0.4, 0.5) is 4.79 Å². The second-order valence-corrected chi connectivity index (χ2v) is 9.73. The first kappa shape index (κ1) is 24.7. The highest BCUT2D eigenvalue weighted by Crippen LogP contribution is 2.44. The summed E-state index contributed by atoms with van der Waals surface area (Å²) < 4.78 is 5.74. The molecule has 1 atom stereocenters. The number of piperidine rings is 1. The molecule has 2 aliphatic rings. The van der Waals surface area contributed by atoms with Crippen LogP contribution in [0.5, 0.6) is 0 Å². The third-order valence-corrected chi connectivity index (χ3v) is 7.48. The van der Waals surface area contributed by atoms with Crippen molar-refractivity contribution in [2.75, 3.05) is 33.8 Å². The first-order valence-electron chi connectivity index (χ1n) is 12.0. The van der Waals surface area contributed by atoms with Gasteiger partial charge in [0.05, 0.1) is 12.0 Å². The van der Waals surface area contributed by atoms with E-state index in [4.69, 9.17) is 4.74 Å². The summed E-state index contributed by atoms with van der Waals surface area (Å²) in [6.07, 6.45) is 0.626. The molecule has 1 aliphatic carbocycles. The summed E-state index contributed by atoms with van der Waals surface area (Å²) in [5, 5.41) is 12.3. The van der Waals surface area contributed by atoms with Crippen LogP contribution in [0, 0.1) is 0 Å². The van der Waals surface area contributed by atoms with Crippen LogP contribution in [0.25, 0.3) is 11.1 Å². The summed E-state index contributed by atoms with van der Waals surface area (Å²) in [7, 11) is 3.48. The van der Waals surface area contributed by atoms with E-state index in [2.05, 4.69) is 34.5 Å². The van der Waals surface area contributed by atoms with Gasteiger partial charge < -0.3 is 25.0 Å². The third-order valence-electron chi connectivity index (χ3n) is 7.48. The van der Waals surface area contributed by atoms with Gasteiger partial charge in [0, 0.05) is 26.1 Å². The molecule has 1 heterocycles. The van der Waals surface area contributed by atoms with Crippen LogP contribution in [-0.4, -0.2) is 78.2 Å². The average molecular weight is 480 g/mol. The van der Waals surface area contributed by atoms with Crippen LogP contribution >= 0.6 is 0 Å². The maximum absolute atomic E-state index is 13.0. The number of nitrogens with one attached hydrogen (secondary N) is 1. The molecule has 1 fully saturated rings. The monoisotopic (exact) mass is 479 g/mol. The maximum Gasteiger partial charge on any atom is 0.407 e. The minimum Gasteiger partial charge on any atom is -0.480 e. The number of hydrogen-bond acceptors (Lipinski definition) is 5. The van der Waals surface area contributed by atoms with Crippen molar-refractivity contribution in [2.45, 2.75) is 43.7 Å². The molecule has 1 saturated heterocycles. The van der Waals surface area contributed by atoms with Crippen molar-refractivity contribution in [3.8, 4) is 11.1 Å². The SMILES string of the molecule is C[C@@H](C(=O)O)N(C)C(=O)CC1(NC(=O)OCC2c3ccccc3-c3ccccc32)CCN(C)CC1. The number of fused-ring (bicyclic) bond motifs is 3. The van der Waals surface area contributed by atoms with Gasteiger partial charge in [0.15, 0.2) is 0 Å². The van der Waals surface area contributed by atoms with Gasteiger partial charge in [0.1, 0.15) is 12.6 Å². The number of carbonyl (C=O) groups is 3. The summed E-state index contributed by atoms with van der Waals surface area (Å²) in [5.41, 5.74) is 3.80. The summed E-state index contributed by atoms with van der Waals surface area (Å²) in [4.78, 5) is 40.6. The molecule has 8 heteroatoms. The second kappa shape index (κ2) is 10.1. The van der Waals surface area contributed by atoms with Gasteiger partial charge in [0.2, 0.25) is 5.91 Å². The van der Waals surface area contributed by atoms with Crippen molar-refractivity contribution >= 4 is 18.0 Å². The largest absolute Gasteiger partial charge is 0.480 e. The molecule has 0 radical (unpaired) electrons. The molecule has 0 bridgehead atoms. The number of likely N-dealkylation sites (N-methyl/N-ethyl adjacent to an activating group) is 1. The molecule has 4 rings (SSSR count). The zero-order valence-electron chi connectivity index (χ0n) is 20.5. The predicted molar refractivity (Wildman–Crippen MR) is 132 cm³/mol. The van der Waals surface area contributed by atoms with Crippen LogP contribution in [0.2, 0.25) is 0 Å². The van der Waals surface area contributed by atoms with Gasteiger partial charge in [-0.15, -0.1) is 0 Å². The fourth-order valence-electron chi connectivity index (χ4n) is 5.04. The lowest BCUT2D eigenvalue weighted by molar-refractivity contribution is -0.149. The Hall–Kier alpha value is -3.39. The number of aliphatic carboxylic acids is 1. The van der Waals surface area contributed by atoms with Crippen molar-refractivity contribution in [1.82, 2.24) is 15.1 Å². The Morgan fingerprint density at radius 2 is 1.63 bits per heavy atom. The lowest BCUT2D eigenvalue weighted by Gasteiger charge is -2.41. The number of benzene rings is 2. The number of hydrogen-bond donors (Lipinski definition) is 2. The fraction of sp³-hybridized carbons (Fsp3) is 0.444. The molecule has 8 nitrogen and oxygen atoms in total. The van der Waals surface area contributed by atoms with E-state index in [1.807, 2.05) is 31.3 Å². The number of alkyl carbamates (subject to hydrolysis) is 1. The maximum atomic E-state index is 13.0. The van der Waals surface area contributed by atoms with E-state index in [9.17, 15) is 19.5 Å². The Kier molecular flexibility index (Phi) is 7.12. The van der Waals surface area contributed by atoms with Gasteiger partial charge in [-0.1, -0.05) is 48.5 Å². The summed E-state index contributed by atoms with van der Waals surface area (Å²) in [5.74, 6) is -1.43. The van der Waals surface area contributed by atoms with E-state index in [-0.39, 0.29) is 24.9 Å². The second-order valence-electron chi connectivity index (χ2n) is 9.73. The molecule has 2 amide bonds. The molecule has 186 valence electrons. The van der Waals surface area contributed by atoms with Crippen LogP contribution in [0.3, 0.4) is 0 Å². The molecule has 2 aromatic rings. The van der Waals surface area contributed by atoms with Gasteiger partial charge in [-0.3, -0.25) is 4.79 Å². The van der Waals surface area contributed by atoms with Gasteiger partial charge in [-0.05, 0) is 49.1 Å². The average Bonchev–Trinajstić information content (AvgIpc) is 3.17. The topological polar surface area (TPSA) is 99.2 Å². The highest BCUT2D eigenvalue weighted by atomic mass is 16.5. The minimum absolute atomic E-state index is 0.0269. The number of ether oxygens (including phenoxy) is 1. The zero-order chi connectivity index (χ0) is 25.2. The molecular formula is C27H33N3O5. The third kappa shape index (κ3) is 5.17. The van der Waals surface area contributed by atoms with Crippen molar-refractivity contribution < 1.29 is 24.2 Å². The van der Waals surface area contributed by atoms with Crippen LogP contribution in [-0.2, 0) is 14.3 Å². The summed E-state index contributed by atoms with van der Waals surface area (Å²) in [6, 6.07) is 15.4. The molecule has 2 aromatic carbocycles. The quantitative estimate of drug-likeness (QED) is 0.632. The number of carboxylic acid groups (broad SMARTS) is 1. The molecular weight excluding hydrogens is 446 g/mol. The smallest absolute Gasteiger partial charge is 0.407 e. The van der Waals surface area contributed by atoms with E-state index >= 15 is 0 Å². The fourth-order valence-corrected chi connectivity index (χ4v) is 5.04. The zero-order valence-corrected chi connectivity index (χ0v) is 20.5. The highest BCUT2D eigenvalue weighted by molar-refractivity contribution is 5.84. The van der Waals surface area contributed by atoms with E-state index < -0.39 is 23.6 Å². The van der Waals surface area contributed by atoms with Crippen LogP contribution in [0.15, 0.2) is 48.5 Å². The summed E-state index contributed by atoms with van der Waals surface area (Å²) >= 11 is 0. The lowest BCUT2D eigenvalue weighted by Crippen LogP contribution is -2.57. The first-order valence-corrected chi connectivity index (χ1v) is 12.0. The highest BCUT2D eigenvalue weighted by Gasteiger charge is 2.40. The molecule has 0 spiro atoms. The number of likely N-dealkylation sites (tertiary alicyclic amines) is 1. The number of carboxylic acids is 1. The van der Waals surface area contributed by atoms with E-state index in [0.717, 1.165) is 35.3 Å². The summed E-state index contributed by atoms with van der Waals surface area (Å²) in [6.45, 7) is 3.10.